The number of fused-ring (bicyclic) bond motifs is 2. The summed E-state index contributed by atoms with van der Waals surface area (Å²) >= 11 is 7.77. The summed E-state index contributed by atoms with van der Waals surface area (Å²) in [6.45, 7) is 2.76. The Labute approximate surface area is 194 Å². The summed E-state index contributed by atoms with van der Waals surface area (Å²) in [5, 5.41) is 22.6. The molecule has 1 fully saturated rings. The number of hydrogen-bond acceptors (Lipinski definition) is 7. The average Bonchev–Trinajstić information content (AvgIpc) is 3.38. The van der Waals surface area contributed by atoms with Crippen LogP contribution in [0.5, 0.6) is 5.75 Å². The van der Waals surface area contributed by atoms with Crippen molar-refractivity contribution in [3.05, 3.63) is 62.3 Å². The number of halogens is 2. The monoisotopic (exact) mass is 478 g/mol. The highest BCUT2D eigenvalue weighted by Crippen LogP contribution is 2.51. The molecule has 0 amide bonds. The van der Waals surface area contributed by atoms with Crippen molar-refractivity contribution in [2.75, 3.05) is 13.7 Å². The van der Waals surface area contributed by atoms with E-state index < -0.39 is 17.5 Å². The summed E-state index contributed by atoms with van der Waals surface area (Å²) in [5.74, 6) is -0.193. The van der Waals surface area contributed by atoms with Crippen molar-refractivity contribution < 1.29 is 19.0 Å². The molecule has 1 aromatic carbocycles. The Morgan fingerprint density at radius 2 is 2.25 bits per heavy atom. The molecule has 0 aliphatic carbocycles. The number of methoxy groups -OCH3 is 1. The number of benzene rings is 1. The molecule has 7 nitrogen and oxygen atoms in total. The van der Waals surface area contributed by atoms with Gasteiger partial charge in [0.2, 0.25) is 0 Å². The zero-order chi connectivity index (χ0) is 22.5. The maximum Gasteiger partial charge on any atom is 0.165 e. The van der Waals surface area contributed by atoms with Crippen molar-refractivity contribution >= 4 is 22.9 Å². The number of hydrogen-bond donors (Lipinski definition) is 2. The predicted octanol–water partition coefficient (Wildman–Crippen LogP) is 3.96. The van der Waals surface area contributed by atoms with E-state index in [2.05, 4.69) is 22.6 Å². The van der Waals surface area contributed by atoms with Crippen LogP contribution < -0.4 is 10.1 Å². The Kier molecular flexibility index (Phi) is 5.71. The lowest BCUT2D eigenvalue weighted by molar-refractivity contribution is -0.129. The molecule has 2 N–H and O–H groups in total. The lowest BCUT2D eigenvalue weighted by Crippen LogP contribution is -2.50. The minimum atomic E-state index is -0.659. The van der Waals surface area contributed by atoms with Crippen molar-refractivity contribution in [3.8, 4) is 5.75 Å². The van der Waals surface area contributed by atoms with Gasteiger partial charge in [-0.15, -0.1) is 16.4 Å². The maximum absolute atomic E-state index is 14.0. The Bertz CT molecular complexity index is 1140. The van der Waals surface area contributed by atoms with Gasteiger partial charge in [-0.1, -0.05) is 22.9 Å². The molecule has 32 heavy (non-hydrogen) atoms. The predicted molar refractivity (Wildman–Crippen MR) is 119 cm³/mol. The van der Waals surface area contributed by atoms with E-state index in [1.165, 1.54) is 24.5 Å². The molecular weight excluding hydrogens is 455 g/mol. The fraction of sp³-hybridized carbons (Fsp3) is 0.455. The summed E-state index contributed by atoms with van der Waals surface area (Å²) < 4.78 is 27.6. The number of rotatable bonds is 4. The number of ether oxygens (including phenoxy) is 2. The molecule has 0 saturated carbocycles. The third-order valence-electron chi connectivity index (χ3n) is 6.15. The summed E-state index contributed by atoms with van der Waals surface area (Å²) in [5.41, 5.74) is 1.90. The van der Waals surface area contributed by atoms with Gasteiger partial charge in [-0.3, -0.25) is 0 Å². The number of piperidine rings is 1. The Balaban J connectivity index is 1.39. The average molecular weight is 479 g/mol. The molecule has 170 valence electrons. The van der Waals surface area contributed by atoms with Crippen molar-refractivity contribution in [1.29, 1.82) is 0 Å². The summed E-state index contributed by atoms with van der Waals surface area (Å²) in [7, 11) is 1.44. The first-order valence-electron chi connectivity index (χ1n) is 10.5. The van der Waals surface area contributed by atoms with Crippen LogP contribution in [0.25, 0.3) is 0 Å². The van der Waals surface area contributed by atoms with Gasteiger partial charge in [-0.25, -0.2) is 9.07 Å². The van der Waals surface area contributed by atoms with Gasteiger partial charge in [0.25, 0.3) is 0 Å². The highest BCUT2D eigenvalue weighted by molar-refractivity contribution is 7.16. The van der Waals surface area contributed by atoms with E-state index in [1.807, 2.05) is 18.3 Å². The number of aromatic nitrogens is 3. The first-order chi connectivity index (χ1) is 15.4. The molecule has 10 heteroatoms. The van der Waals surface area contributed by atoms with Crippen LogP contribution in [0.1, 0.15) is 53.6 Å². The Morgan fingerprint density at radius 3 is 3.03 bits per heavy atom. The lowest BCUT2D eigenvalue weighted by Gasteiger charge is -2.46. The fourth-order valence-electron chi connectivity index (χ4n) is 4.78. The lowest BCUT2D eigenvalue weighted by atomic mass is 9.79. The van der Waals surface area contributed by atoms with Crippen LogP contribution >= 0.6 is 22.9 Å². The van der Waals surface area contributed by atoms with Crippen LogP contribution in [0.15, 0.2) is 30.5 Å². The van der Waals surface area contributed by atoms with Crippen molar-refractivity contribution in [3.63, 3.8) is 0 Å². The van der Waals surface area contributed by atoms with Crippen molar-refractivity contribution in [2.24, 2.45) is 0 Å². The van der Waals surface area contributed by atoms with Gasteiger partial charge in [0, 0.05) is 22.9 Å². The standard InChI is InChI=1S/C22H24ClFN4O3S/c1-12-7-22(21-14(6-20(23)32-21)18(29)11-31-22)8-16(25-12)17-10-28(27-26-17)9-13-3-4-19(30-2)15(24)5-13/h3-6,10,12,16,18,25,29H,7-9,11H2,1-2H3/t12-,16-,18+,22-/m0/s1. The Hall–Kier alpha value is -2.04. The summed E-state index contributed by atoms with van der Waals surface area (Å²) in [6, 6.07) is 6.79. The second kappa shape index (κ2) is 8.39. The molecule has 4 heterocycles. The number of thiophene rings is 1. The van der Waals surface area contributed by atoms with Crippen molar-refractivity contribution in [1.82, 2.24) is 20.3 Å². The third-order valence-corrected chi connectivity index (χ3v) is 7.62. The molecule has 2 aromatic heterocycles. The first-order valence-corrected chi connectivity index (χ1v) is 11.7. The van der Waals surface area contributed by atoms with Crippen LogP contribution in [-0.2, 0) is 16.9 Å². The van der Waals surface area contributed by atoms with Crippen LogP contribution in [-0.4, -0.2) is 39.9 Å². The van der Waals surface area contributed by atoms with Crippen LogP contribution in [0.2, 0.25) is 4.34 Å². The highest BCUT2D eigenvalue weighted by atomic mass is 35.5. The van der Waals surface area contributed by atoms with E-state index in [0.717, 1.165) is 28.1 Å². The van der Waals surface area contributed by atoms with Crippen molar-refractivity contribution in [2.45, 2.75) is 50.1 Å². The van der Waals surface area contributed by atoms with E-state index in [9.17, 15) is 9.50 Å². The third kappa shape index (κ3) is 3.92. The second-order valence-electron chi connectivity index (χ2n) is 8.49. The number of nitrogens with one attached hydrogen (secondary N) is 1. The number of nitrogens with zero attached hydrogens (tertiary/aromatic N) is 3. The molecule has 2 aliphatic rings. The first kappa shape index (κ1) is 21.8. The summed E-state index contributed by atoms with van der Waals surface area (Å²) in [4.78, 5) is 1.00. The summed E-state index contributed by atoms with van der Waals surface area (Å²) in [6.07, 6.45) is 2.66. The van der Waals surface area contributed by atoms with Gasteiger partial charge in [-0.2, -0.15) is 0 Å². The highest BCUT2D eigenvalue weighted by Gasteiger charge is 2.48. The molecule has 2 aliphatic heterocycles. The molecule has 1 spiro atoms. The second-order valence-corrected chi connectivity index (χ2v) is 10.2. The maximum atomic E-state index is 14.0. The molecule has 0 unspecified atom stereocenters. The quantitative estimate of drug-likeness (QED) is 0.590. The van der Waals surface area contributed by atoms with Gasteiger partial charge < -0.3 is 19.9 Å². The topological polar surface area (TPSA) is 81.4 Å². The number of aliphatic hydroxyl groups excluding tert-OH is 1. The SMILES string of the molecule is COc1ccc(Cn2cc([C@@H]3C[C@]4(C[C@H](C)N3)OC[C@@H](O)c3cc(Cl)sc34)nn2)cc1F. The van der Waals surface area contributed by atoms with E-state index in [0.29, 0.717) is 17.3 Å². The molecule has 0 radical (unpaired) electrons. The molecule has 5 rings (SSSR count). The van der Waals surface area contributed by atoms with E-state index in [1.54, 1.807) is 10.7 Å². The normalized spacial score (nSPS) is 27.5. The van der Waals surface area contributed by atoms with Crippen LogP contribution in [0, 0.1) is 5.82 Å². The molecule has 4 atom stereocenters. The van der Waals surface area contributed by atoms with Gasteiger partial charge >= 0.3 is 0 Å². The largest absolute Gasteiger partial charge is 0.494 e. The van der Waals surface area contributed by atoms with Gasteiger partial charge in [0.1, 0.15) is 11.7 Å². The van der Waals surface area contributed by atoms with Gasteiger partial charge in [0.05, 0.1) is 42.5 Å². The Morgan fingerprint density at radius 1 is 1.41 bits per heavy atom. The minimum absolute atomic E-state index is 0.0796. The minimum Gasteiger partial charge on any atom is -0.494 e. The van der Waals surface area contributed by atoms with Gasteiger partial charge in [-0.05, 0) is 37.1 Å². The molecule has 1 saturated heterocycles. The smallest absolute Gasteiger partial charge is 0.165 e. The molecule has 0 bridgehead atoms. The van der Waals surface area contributed by atoms with E-state index in [4.69, 9.17) is 21.1 Å². The molecule has 3 aromatic rings. The van der Waals surface area contributed by atoms with E-state index >= 15 is 0 Å². The molecular formula is C22H24ClFN4O3S. The zero-order valence-corrected chi connectivity index (χ0v) is 19.3. The zero-order valence-electron chi connectivity index (χ0n) is 17.7. The fourth-order valence-corrected chi connectivity index (χ4v) is 6.23. The van der Waals surface area contributed by atoms with Crippen LogP contribution in [0.4, 0.5) is 4.39 Å². The van der Waals surface area contributed by atoms with Crippen LogP contribution in [0.3, 0.4) is 0 Å². The van der Waals surface area contributed by atoms with E-state index in [-0.39, 0.29) is 24.4 Å². The number of aliphatic hydroxyl groups is 1. The van der Waals surface area contributed by atoms with Gasteiger partial charge in [0.15, 0.2) is 11.6 Å².